The van der Waals surface area contributed by atoms with E-state index in [0.29, 0.717) is 12.4 Å². The second kappa shape index (κ2) is 10.0. The summed E-state index contributed by atoms with van der Waals surface area (Å²) in [4.78, 5) is 8.11. The Hall–Kier alpha value is -3.18. The highest BCUT2D eigenvalue weighted by Crippen LogP contribution is 2.19. The summed E-state index contributed by atoms with van der Waals surface area (Å²) in [6.07, 6.45) is 2.73. The zero-order valence-corrected chi connectivity index (χ0v) is 16.8. The first kappa shape index (κ1) is 20.1. The minimum Gasteiger partial charge on any atom is -0.488 e. The zero-order chi connectivity index (χ0) is 20.6. The number of rotatable bonds is 8. The first-order valence-electron chi connectivity index (χ1n) is 10.2. The van der Waals surface area contributed by atoms with E-state index in [9.17, 15) is 4.39 Å². The molecular weight excluding hydrogens is 379 g/mol. The maximum atomic E-state index is 13.3. The number of ether oxygens (including phenoxy) is 1. The fraction of sp³-hybridized carbons (Fsp3) is 0.240. The smallest absolute Gasteiger partial charge is 0.141 e. The second-order valence-corrected chi connectivity index (χ2v) is 7.43. The van der Waals surface area contributed by atoms with Gasteiger partial charge in [-0.15, -0.1) is 0 Å². The van der Waals surface area contributed by atoms with Gasteiger partial charge in [-0.3, -0.25) is 4.90 Å². The third kappa shape index (κ3) is 5.67. The van der Waals surface area contributed by atoms with E-state index in [2.05, 4.69) is 34.3 Å². The lowest BCUT2D eigenvalue weighted by Gasteiger charge is -2.15. The largest absolute Gasteiger partial charge is 0.488 e. The number of para-hydroxylation sites is 1. The maximum Gasteiger partial charge on any atom is 0.141 e. The van der Waals surface area contributed by atoms with E-state index < -0.39 is 0 Å². The number of hydrogen-bond donors (Lipinski definition) is 0. The summed E-state index contributed by atoms with van der Waals surface area (Å²) >= 11 is 0. The molecule has 1 unspecified atom stereocenters. The minimum absolute atomic E-state index is 0.0883. The average Bonchev–Trinajstić information content (AvgIpc) is 3.21. The molecule has 0 N–H and O–H groups in total. The Bertz CT molecular complexity index is 978. The molecule has 1 aliphatic heterocycles. The zero-order valence-electron chi connectivity index (χ0n) is 16.8. The Morgan fingerprint density at radius 1 is 0.967 bits per heavy atom. The van der Waals surface area contributed by atoms with Gasteiger partial charge in [0, 0.05) is 31.6 Å². The van der Waals surface area contributed by atoms with Crippen LogP contribution in [0.4, 0.5) is 4.39 Å². The normalized spacial score (nSPS) is 16.8. The van der Waals surface area contributed by atoms with Crippen LogP contribution in [0.2, 0.25) is 0 Å². The van der Waals surface area contributed by atoms with Crippen molar-refractivity contribution >= 4 is 6.21 Å². The van der Waals surface area contributed by atoms with Crippen molar-refractivity contribution in [2.24, 2.45) is 5.16 Å². The summed E-state index contributed by atoms with van der Waals surface area (Å²) in [7, 11) is 0. The number of halogens is 1. The van der Waals surface area contributed by atoms with Gasteiger partial charge in [-0.2, -0.15) is 0 Å². The van der Waals surface area contributed by atoms with Gasteiger partial charge in [0.1, 0.15) is 24.3 Å². The number of oxime groups is 1. The molecule has 3 aromatic rings. The van der Waals surface area contributed by atoms with Gasteiger partial charge in [-0.05, 0) is 35.4 Å². The lowest BCUT2D eigenvalue weighted by Crippen LogP contribution is -2.22. The van der Waals surface area contributed by atoms with Crippen LogP contribution in [0.3, 0.4) is 0 Å². The van der Waals surface area contributed by atoms with Gasteiger partial charge < -0.3 is 9.57 Å². The van der Waals surface area contributed by atoms with Gasteiger partial charge >= 0.3 is 0 Å². The van der Waals surface area contributed by atoms with Crippen LogP contribution in [0.5, 0.6) is 5.75 Å². The van der Waals surface area contributed by atoms with Crippen LogP contribution in [0.15, 0.2) is 84.0 Å². The van der Waals surface area contributed by atoms with Crippen molar-refractivity contribution in [1.29, 1.82) is 0 Å². The van der Waals surface area contributed by atoms with Crippen molar-refractivity contribution in [3.05, 3.63) is 101 Å². The van der Waals surface area contributed by atoms with E-state index in [1.807, 2.05) is 36.4 Å². The Balaban J connectivity index is 1.29. The third-order valence-corrected chi connectivity index (χ3v) is 5.08. The molecule has 4 nitrogen and oxygen atoms in total. The molecule has 0 saturated carbocycles. The molecule has 0 amide bonds. The van der Waals surface area contributed by atoms with E-state index in [1.165, 1.54) is 17.7 Å². The molecular formula is C25H25FN2O2. The molecule has 0 radical (unpaired) electrons. The highest BCUT2D eigenvalue weighted by molar-refractivity contribution is 5.83. The van der Waals surface area contributed by atoms with Gasteiger partial charge in [-0.1, -0.05) is 59.8 Å². The van der Waals surface area contributed by atoms with Gasteiger partial charge in [-0.25, -0.2) is 4.39 Å². The summed E-state index contributed by atoms with van der Waals surface area (Å²) in [5.41, 5.74) is 2.92. The van der Waals surface area contributed by atoms with Crippen LogP contribution in [-0.4, -0.2) is 30.3 Å². The van der Waals surface area contributed by atoms with Crippen molar-refractivity contribution in [2.45, 2.75) is 25.7 Å². The first-order valence-corrected chi connectivity index (χ1v) is 10.2. The fourth-order valence-corrected chi connectivity index (χ4v) is 3.55. The van der Waals surface area contributed by atoms with Crippen molar-refractivity contribution in [3.63, 3.8) is 0 Å². The van der Waals surface area contributed by atoms with Crippen LogP contribution < -0.4 is 4.74 Å². The molecule has 0 aliphatic carbocycles. The van der Waals surface area contributed by atoms with Gasteiger partial charge in [0.25, 0.3) is 0 Å². The SMILES string of the molecule is Fc1cccc(COc2ccccc2/C=N/OC2CCN(Cc3ccccc3)C2)c1. The predicted molar refractivity (Wildman–Crippen MR) is 116 cm³/mol. The van der Waals surface area contributed by atoms with Crippen LogP contribution in [0, 0.1) is 5.82 Å². The Kier molecular flexibility index (Phi) is 6.72. The second-order valence-electron chi connectivity index (χ2n) is 7.43. The topological polar surface area (TPSA) is 34.1 Å². The number of hydrogen-bond acceptors (Lipinski definition) is 4. The number of likely N-dealkylation sites (tertiary alicyclic amines) is 1. The molecule has 1 atom stereocenters. The summed E-state index contributed by atoms with van der Waals surface area (Å²) in [5, 5.41) is 4.20. The average molecular weight is 404 g/mol. The van der Waals surface area contributed by atoms with E-state index in [0.717, 1.165) is 37.2 Å². The molecule has 154 valence electrons. The van der Waals surface area contributed by atoms with Crippen molar-refractivity contribution in [1.82, 2.24) is 4.90 Å². The number of nitrogens with zero attached hydrogens (tertiary/aromatic N) is 2. The molecule has 0 aromatic heterocycles. The van der Waals surface area contributed by atoms with Crippen LogP contribution in [-0.2, 0) is 18.0 Å². The molecule has 0 bridgehead atoms. The summed E-state index contributed by atoms with van der Waals surface area (Å²) in [6, 6.07) is 24.5. The lowest BCUT2D eigenvalue weighted by molar-refractivity contribution is 0.0656. The molecule has 30 heavy (non-hydrogen) atoms. The molecule has 1 fully saturated rings. The van der Waals surface area contributed by atoms with E-state index in [4.69, 9.17) is 9.57 Å². The molecule has 0 spiro atoms. The van der Waals surface area contributed by atoms with Gasteiger partial charge in [0.15, 0.2) is 0 Å². The van der Waals surface area contributed by atoms with E-state index >= 15 is 0 Å². The monoisotopic (exact) mass is 404 g/mol. The highest BCUT2D eigenvalue weighted by atomic mass is 19.1. The molecule has 4 rings (SSSR count). The first-order chi connectivity index (χ1) is 14.8. The van der Waals surface area contributed by atoms with Crippen LogP contribution >= 0.6 is 0 Å². The molecule has 5 heteroatoms. The summed E-state index contributed by atoms with van der Waals surface area (Å²) < 4.78 is 19.2. The quantitative estimate of drug-likeness (QED) is 0.390. The maximum absolute atomic E-state index is 13.3. The lowest BCUT2D eigenvalue weighted by atomic mass is 10.2. The molecule has 1 aliphatic rings. The highest BCUT2D eigenvalue weighted by Gasteiger charge is 2.23. The predicted octanol–water partition coefficient (Wildman–Crippen LogP) is 5.03. The van der Waals surface area contributed by atoms with Crippen LogP contribution in [0.1, 0.15) is 23.1 Å². The minimum atomic E-state index is -0.266. The van der Waals surface area contributed by atoms with E-state index in [-0.39, 0.29) is 11.9 Å². The summed E-state index contributed by atoms with van der Waals surface area (Å²) in [6.45, 7) is 3.09. The molecule has 3 aromatic carbocycles. The van der Waals surface area contributed by atoms with Gasteiger partial charge in [0.05, 0.1) is 6.21 Å². The van der Waals surface area contributed by atoms with Crippen LogP contribution in [0.25, 0.3) is 0 Å². The summed E-state index contributed by atoms with van der Waals surface area (Å²) in [5.74, 6) is 0.420. The Morgan fingerprint density at radius 3 is 2.63 bits per heavy atom. The number of benzene rings is 3. The van der Waals surface area contributed by atoms with E-state index in [1.54, 1.807) is 12.3 Å². The van der Waals surface area contributed by atoms with Gasteiger partial charge in [0.2, 0.25) is 0 Å². The van der Waals surface area contributed by atoms with Crippen molar-refractivity contribution in [2.75, 3.05) is 13.1 Å². The third-order valence-electron chi connectivity index (χ3n) is 5.08. The molecule has 1 heterocycles. The van der Waals surface area contributed by atoms with Crippen molar-refractivity contribution < 1.29 is 14.0 Å². The standard InChI is InChI=1S/C25H25FN2O2/c26-23-11-6-9-21(15-23)19-29-25-12-5-4-10-22(25)16-27-30-24-13-14-28(18-24)17-20-7-2-1-3-8-20/h1-12,15-16,24H,13-14,17-19H2/b27-16+. The Morgan fingerprint density at radius 2 is 1.77 bits per heavy atom. The van der Waals surface area contributed by atoms with Crippen molar-refractivity contribution in [3.8, 4) is 5.75 Å². The Labute approximate surface area is 176 Å². The fourth-order valence-electron chi connectivity index (χ4n) is 3.55. The molecule has 1 saturated heterocycles.